The number of hydrogen-bond acceptors (Lipinski definition) is 4. The van der Waals surface area contributed by atoms with Crippen LogP contribution >= 0.6 is 0 Å². The van der Waals surface area contributed by atoms with Gasteiger partial charge in [-0.3, -0.25) is 0 Å². The van der Waals surface area contributed by atoms with Gasteiger partial charge in [-0.15, -0.1) is 0 Å². The smallest absolute Gasteiger partial charge is 0.160 e. The number of benzene rings is 3. The van der Waals surface area contributed by atoms with Crippen molar-refractivity contribution in [1.82, 2.24) is 0 Å². The Morgan fingerprint density at radius 1 is 0.862 bits per heavy atom. The molecule has 3 aromatic rings. The van der Waals surface area contributed by atoms with Gasteiger partial charge in [-0.2, -0.15) is 0 Å². The molecule has 0 saturated heterocycles. The molecular weight excluding hydrogens is 360 g/mol. The van der Waals surface area contributed by atoms with Crippen LogP contribution in [0.2, 0.25) is 0 Å². The number of phenols is 1. The summed E-state index contributed by atoms with van der Waals surface area (Å²) in [6.45, 7) is 5.19. The topological polar surface area (TPSA) is 35.9 Å². The minimum Gasteiger partial charge on any atom is -0.504 e. The highest BCUT2D eigenvalue weighted by Crippen LogP contribution is 2.42. The van der Waals surface area contributed by atoms with E-state index in [0.29, 0.717) is 5.75 Å². The lowest BCUT2D eigenvalue weighted by atomic mass is 10.0. The lowest BCUT2D eigenvalue weighted by Gasteiger charge is -2.47. The average molecular weight is 386 g/mol. The third-order valence-electron chi connectivity index (χ3n) is 5.55. The van der Waals surface area contributed by atoms with E-state index in [-0.39, 0.29) is 11.9 Å². The Hall–Kier alpha value is -3.40. The number of hydrogen-bond donors (Lipinski definition) is 1. The molecule has 0 radical (unpaired) electrons. The second-order valence-electron chi connectivity index (χ2n) is 7.34. The van der Waals surface area contributed by atoms with Gasteiger partial charge in [-0.1, -0.05) is 42.5 Å². The van der Waals surface area contributed by atoms with Gasteiger partial charge < -0.3 is 19.6 Å². The molecule has 0 aromatic heterocycles. The lowest BCUT2D eigenvalue weighted by Crippen LogP contribution is -2.46. The maximum atomic E-state index is 10.1. The Bertz CT molecular complexity index is 1020. The van der Waals surface area contributed by atoms with Crippen molar-refractivity contribution in [3.8, 4) is 11.5 Å². The van der Waals surface area contributed by atoms with Crippen molar-refractivity contribution in [2.45, 2.75) is 20.0 Å². The number of methoxy groups -OCH3 is 1. The van der Waals surface area contributed by atoms with Crippen LogP contribution in [0.15, 0.2) is 90.1 Å². The van der Waals surface area contributed by atoms with Crippen molar-refractivity contribution >= 4 is 11.4 Å². The first-order valence-electron chi connectivity index (χ1n) is 9.79. The van der Waals surface area contributed by atoms with Crippen LogP contribution in [0.5, 0.6) is 11.5 Å². The van der Waals surface area contributed by atoms with E-state index in [1.54, 1.807) is 13.2 Å². The number of nitrogens with zero attached hydrogens (tertiary/aromatic N) is 2. The lowest BCUT2D eigenvalue weighted by molar-refractivity contribution is 0.372. The summed E-state index contributed by atoms with van der Waals surface area (Å²) in [5.74, 6) is 0.625. The van der Waals surface area contributed by atoms with E-state index in [2.05, 4.69) is 72.2 Å². The Labute approximate surface area is 172 Å². The predicted octanol–water partition coefficient (Wildman–Crippen LogP) is 5.72. The summed E-state index contributed by atoms with van der Waals surface area (Å²) in [6, 6.07) is 26.5. The minimum atomic E-state index is -0.0713. The molecule has 1 unspecified atom stereocenters. The summed E-state index contributed by atoms with van der Waals surface area (Å²) in [6.07, 6.45) is -0.0713. The van der Waals surface area contributed by atoms with Gasteiger partial charge in [-0.05, 0) is 61.4 Å². The molecule has 1 heterocycles. The molecule has 0 bridgehead atoms. The number of rotatable bonds is 4. The molecule has 4 nitrogen and oxygen atoms in total. The quantitative estimate of drug-likeness (QED) is 0.622. The molecule has 3 aromatic carbocycles. The van der Waals surface area contributed by atoms with Crippen LogP contribution in [0.1, 0.15) is 25.6 Å². The van der Waals surface area contributed by atoms with Crippen LogP contribution in [0, 0.1) is 0 Å². The summed E-state index contributed by atoms with van der Waals surface area (Å²) in [5, 5.41) is 10.1. The molecule has 29 heavy (non-hydrogen) atoms. The zero-order valence-electron chi connectivity index (χ0n) is 17.0. The van der Waals surface area contributed by atoms with E-state index < -0.39 is 0 Å². The van der Waals surface area contributed by atoms with Crippen LogP contribution in [-0.2, 0) is 0 Å². The Morgan fingerprint density at radius 2 is 1.48 bits per heavy atom. The fourth-order valence-electron chi connectivity index (χ4n) is 3.94. The first kappa shape index (κ1) is 18.9. The highest BCUT2D eigenvalue weighted by Gasteiger charge is 2.34. The summed E-state index contributed by atoms with van der Waals surface area (Å²) in [5.41, 5.74) is 5.89. The highest BCUT2D eigenvalue weighted by molar-refractivity contribution is 5.63. The van der Waals surface area contributed by atoms with Crippen molar-refractivity contribution in [3.63, 3.8) is 0 Å². The van der Waals surface area contributed by atoms with Gasteiger partial charge in [0.2, 0.25) is 0 Å². The summed E-state index contributed by atoms with van der Waals surface area (Å²) >= 11 is 0. The van der Waals surface area contributed by atoms with E-state index in [1.165, 1.54) is 11.3 Å². The van der Waals surface area contributed by atoms with Crippen LogP contribution in [0.4, 0.5) is 11.4 Å². The minimum absolute atomic E-state index is 0.0713. The molecule has 4 heteroatoms. The van der Waals surface area contributed by atoms with E-state index in [0.717, 1.165) is 23.5 Å². The molecule has 148 valence electrons. The number of para-hydroxylation sites is 2. The molecule has 0 aliphatic carbocycles. The predicted molar refractivity (Wildman–Crippen MR) is 118 cm³/mol. The number of phenolic OH excluding ortho intramolecular Hbond substituents is 1. The summed E-state index contributed by atoms with van der Waals surface area (Å²) < 4.78 is 5.41. The average Bonchev–Trinajstić information content (AvgIpc) is 2.77. The fourth-order valence-corrected chi connectivity index (χ4v) is 3.94. The Balaban J connectivity index is 1.92. The normalized spacial score (nSPS) is 16.9. The number of allylic oxidation sites excluding steroid dienone is 1. The molecule has 1 N–H and O–H groups in total. The standard InChI is InChI=1S/C25H26N2O2/c1-18-17-26(21-10-6-4-7-11-21)25(20-14-15-23(28)24(16-20)29-3)27(19(18)2)22-12-8-5-9-13-22/h4-16,25,28H,17H2,1-3H3. The molecule has 1 aliphatic heterocycles. The maximum absolute atomic E-state index is 10.1. The molecular formula is C25H26N2O2. The maximum Gasteiger partial charge on any atom is 0.160 e. The van der Waals surface area contributed by atoms with Crippen molar-refractivity contribution in [2.24, 2.45) is 0 Å². The van der Waals surface area contributed by atoms with Crippen LogP contribution in [0.25, 0.3) is 0 Å². The number of anilines is 2. The Morgan fingerprint density at radius 3 is 2.10 bits per heavy atom. The highest BCUT2D eigenvalue weighted by atomic mass is 16.5. The van der Waals surface area contributed by atoms with E-state index >= 15 is 0 Å². The molecule has 4 rings (SSSR count). The third-order valence-corrected chi connectivity index (χ3v) is 5.55. The number of ether oxygens (including phenoxy) is 1. The largest absolute Gasteiger partial charge is 0.504 e. The van der Waals surface area contributed by atoms with Crippen molar-refractivity contribution in [3.05, 3.63) is 95.7 Å². The first-order valence-corrected chi connectivity index (χ1v) is 9.79. The van der Waals surface area contributed by atoms with Gasteiger partial charge in [0.1, 0.15) is 6.17 Å². The number of aromatic hydroxyl groups is 1. The van der Waals surface area contributed by atoms with Crippen molar-refractivity contribution in [1.29, 1.82) is 0 Å². The van der Waals surface area contributed by atoms with E-state index in [1.807, 2.05) is 24.3 Å². The van der Waals surface area contributed by atoms with Crippen LogP contribution < -0.4 is 14.5 Å². The molecule has 1 aliphatic rings. The van der Waals surface area contributed by atoms with Gasteiger partial charge in [0.05, 0.1) is 7.11 Å². The fraction of sp³-hybridized carbons (Fsp3) is 0.200. The second kappa shape index (κ2) is 7.92. The zero-order chi connectivity index (χ0) is 20.4. The van der Waals surface area contributed by atoms with Crippen LogP contribution in [0.3, 0.4) is 0 Å². The monoisotopic (exact) mass is 386 g/mol. The SMILES string of the molecule is COc1cc(C2N(c3ccccc3)CC(C)=C(C)N2c2ccccc2)ccc1O. The molecule has 0 saturated carbocycles. The molecule has 0 spiro atoms. The summed E-state index contributed by atoms with van der Waals surface area (Å²) in [4.78, 5) is 4.75. The van der Waals surface area contributed by atoms with Crippen molar-refractivity contribution in [2.75, 3.05) is 23.5 Å². The van der Waals surface area contributed by atoms with Gasteiger partial charge in [0.15, 0.2) is 11.5 Å². The van der Waals surface area contributed by atoms with Gasteiger partial charge in [0, 0.05) is 23.6 Å². The van der Waals surface area contributed by atoms with Gasteiger partial charge in [0.25, 0.3) is 0 Å². The van der Waals surface area contributed by atoms with E-state index in [4.69, 9.17) is 4.74 Å². The first-order chi connectivity index (χ1) is 14.1. The van der Waals surface area contributed by atoms with Gasteiger partial charge >= 0.3 is 0 Å². The van der Waals surface area contributed by atoms with Gasteiger partial charge in [-0.25, -0.2) is 0 Å². The van der Waals surface area contributed by atoms with Crippen molar-refractivity contribution < 1.29 is 9.84 Å². The van der Waals surface area contributed by atoms with E-state index in [9.17, 15) is 5.11 Å². The Kier molecular flexibility index (Phi) is 5.17. The second-order valence-corrected chi connectivity index (χ2v) is 7.34. The zero-order valence-corrected chi connectivity index (χ0v) is 17.0. The third kappa shape index (κ3) is 3.54. The molecule has 1 atom stereocenters. The van der Waals surface area contributed by atoms with Crippen LogP contribution in [-0.4, -0.2) is 18.8 Å². The molecule has 0 amide bonds. The molecule has 0 fully saturated rings. The summed E-state index contributed by atoms with van der Waals surface area (Å²) in [7, 11) is 1.58.